The lowest BCUT2D eigenvalue weighted by Crippen LogP contribution is -2.37. The molecule has 0 spiro atoms. The molecule has 1 amide bonds. The number of likely N-dealkylation sites (tertiary alicyclic amines) is 1. The molecular weight excluding hydrogens is 258 g/mol. The summed E-state index contributed by atoms with van der Waals surface area (Å²) < 4.78 is 0. The molecule has 1 aliphatic rings. The Bertz CT molecular complexity index is 496. The van der Waals surface area contributed by atoms with E-state index in [1.165, 1.54) is 18.3 Å². The first kappa shape index (κ1) is 14.5. The highest BCUT2D eigenvalue weighted by molar-refractivity contribution is 6.03. The van der Waals surface area contributed by atoms with Crippen LogP contribution in [-0.4, -0.2) is 53.5 Å². The molecule has 20 heavy (non-hydrogen) atoms. The molecule has 2 heterocycles. The summed E-state index contributed by atoms with van der Waals surface area (Å²) in [6.07, 6.45) is 3.52. The van der Waals surface area contributed by atoms with Crippen LogP contribution < -0.4 is 5.32 Å². The normalized spacial score (nSPS) is 16.9. The second-order valence-corrected chi connectivity index (χ2v) is 5.16. The lowest BCUT2D eigenvalue weighted by atomic mass is 9.97. The van der Waals surface area contributed by atoms with Crippen molar-refractivity contribution in [2.75, 3.05) is 26.7 Å². The zero-order chi connectivity index (χ0) is 14.5. The number of aromatic nitrogens is 1. The number of carbonyl (C=O) groups excluding carboxylic acids is 1. The third-order valence-electron chi connectivity index (χ3n) is 3.64. The van der Waals surface area contributed by atoms with Crippen LogP contribution in [0.5, 0.6) is 0 Å². The number of carboxylic acid groups (broad SMARTS) is 1. The number of nitrogens with zero attached hydrogens (tertiary/aromatic N) is 2. The van der Waals surface area contributed by atoms with Gasteiger partial charge in [0.25, 0.3) is 5.91 Å². The lowest BCUT2D eigenvalue weighted by molar-refractivity contribution is 0.0689. The van der Waals surface area contributed by atoms with Gasteiger partial charge in [0.15, 0.2) is 0 Å². The molecule has 0 saturated carbocycles. The fourth-order valence-electron chi connectivity index (χ4n) is 2.35. The Morgan fingerprint density at radius 2 is 2.15 bits per heavy atom. The van der Waals surface area contributed by atoms with Gasteiger partial charge in [-0.2, -0.15) is 0 Å². The van der Waals surface area contributed by atoms with Crippen molar-refractivity contribution in [3.05, 3.63) is 29.6 Å². The predicted molar refractivity (Wildman–Crippen MR) is 73.8 cm³/mol. The summed E-state index contributed by atoms with van der Waals surface area (Å²) in [7, 11) is 2.09. The van der Waals surface area contributed by atoms with Crippen molar-refractivity contribution >= 4 is 11.9 Å². The largest absolute Gasteiger partial charge is 0.478 e. The monoisotopic (exact) mass is 277 g/mol. The Morgan fingerprint density at radius 1 is 1.45 bits per heavy atom. The summed E-state index contributed by atoms with van der Waals surface area (Å²) in [5, 5.41) is 11.8. The van der Waals surface area contributed by atoms with Crippen LogP contribution in [0.1, 0.15) is 33.7 Å². The zero-order valence-electron chi connectivity index (χ0n) is 11.5. The summed E-state index contributed by atoms with van der Waals surface area (Å²) in [5.74, 6) is -1.10. The minimum Gasteiger partial charge on any atom is -0.478 e. The van der Waals surface area contributed by atoms with Crippen molar-refractivity contribution in [2.24, 2.45) is 5.92 Å². The molecule has 6 heteroatoms. The quantitative estimate of drug-likeness (QED) is 0.852. The second kappa shape index (κ2) is 6.47. The van der Waals surface area contributed by atoms with E-state index in [0.717, 1.165) is 25.9 Å². The van der Waals surface area contributed by atoms with Crippen LogP contribution in [0.2, 0.25) is 0 Å². The van der Waals surface area contributed by atoms with Gasteiger partial charge in [-0.3, -0.25) is 9.78 Å². The molecule has 1 saturated heterocycles. The number of nitrogens with one attached hydrogen (secondary N) is 1. The molecule has 0 atom stereocenters. The van der Waals surface area contributed by atoms with E-state index in [2.05, 4.69) is 22.2 Å². The first-order chi connectivity index (χ1) is 9.58. The van der Waals surface area contributed by atoms with Gasteiger partial charge in [-0.05, 0) is 51.0 Å². The van der Waals surface area contributed by atoms with Crippen molar-refractivity contribution in [2.45, 2.75) is 12.8 Å². The molecule has 0 aliphatic carbocycles. The van der Waals surface area contributed by atoms with Crippen LogP contribution in [0.4, 0.5) is 0 Å². The van der Waals surface area contributed by atoms with E-state index in [1.807, 2.05) is 0 Å². The topological polar surface area (TPSA) is 82.5 Å². The van der Waals surface area contributed by atoms with Crippen LogP contribution in [-0.2, 0) is 0 Å². The minimum atomic E-state index is -1.14. The van der Waals surface area contributed by atoms with Crippen LogP contribution in [0, 0.1) is 5.92 Å². The van der Waals surface area contributed by atoms with Gasteiger partial charge >= 0.3 is 5.97 Å². The smallest absolute Gasteiger partial charge is 0.338 e. The SMILES string of the molecule is CN1CCC(CNC(=O)c2ncccc2C(=O)O)CC1. The molecule has 1 aromatic rings. The zero-order valence-corrected chi connectivity index (χ0v) is 11.5. The number of carbonyl (C=O) groups is 2. The van der Waals surface area contributed by atoms with E-state index in [4.69, 9.17) is 5.11 Å². The Balaban J connectivity index is 1.94. The molecule has 0 aromatic carbocycles. The standard InChI is InChI=1S/C14H19N3O3/c1-17-7-4-10(5-8-17)9-16-13(18)12-11(14(19)20)3-2-6-15-12/h2-3,6,10H,4-5,7-9H2,1H3,(H,16,18)(H,19,20). The molecule has 1 aliphatic heterocycles. The highest BCUT2D eigenvalue weighted by Gasteiger charge is 2.20. The van der Waals surface area contributed by atoms with Crippen molar-refractivity contribution in [1.29, 1.82) is 0 Å². The average Bonchev–Trinajstić information content (AvgIpc) is 2.46. The number of hydrogen-bond acceptors (Lipinski definition) is 4. The van der Waals surface area contributed by atoms with E-state index in [-0.39, 0.29) is 11.3 Å². The molecule has 2 N–H and O–H groups in total. The van der Waals surface area contributed by atoms with Crippen LogP contribution in [0.3, 0.4) is 0 Å². The number of carboxylic acids is 1. The molecular formula is C14H19N3O3. The van der Waals surface area contributed by atoms with Gasteiger partial charge < -0.3 is 15.3 Å². The maximum absolute atomic E-state index is 12.0. The summed E-state index contributed by atoms with van der Waals surface area (Å²) >= 11 is 0. The molecule has 0 radical (unpaired) electrons. The van der Waals surface area contributed by atoms with Gasteiger partial charge in [0, 0.05) is 12.7 Å². The van der Waals surface area contributed by atoms with Gasteiger partial charge in [-0.1, -0.05) is 0 Å². The van der Waals surface area contributed by atoms with E-state index in [0.29, 0.717) is 12.5 Å². The fourth-order valence-corrected chi connectivity index (χ4v) is 2.35. The van der Waals surface area contributed by atoms with Gasteiger partial charge in [0.1, 0.15) is 5.69 Å². The Kier molecular flexibility index (Phi) is 4.68. The first-order valence-electron chi connectivity index (χ1n) is 6.73. The third kappa shape index (κ3) is 3.54. The van der Waals surface area contributed by atoms with E-state index in [9.17, 15) is 9.59 Å². The summed E-state index contributed by atoms with van der Waals surface area (Å²) in [5.41, 5.74) is -0.0821. The molecule has 0 bridgehead atoms. The summed E-state index contributed by atoms with van der Waals surface area (Å²) in [6.45, 7) is 2.64. The number of aromatic carboxylic acids is 1. The molecule has 1 fully saturated rings. The molecule has 6 nitrogen and oxygen atoms in total. The number of amides is 1. The molecule has 2 rings (SSSR count). The fraction of sp³-hybridized carbons (Fsp3) is 0.500. The molecule has 0 unspecified atom stereocenters. The van der Waals surface area contributed by atoms with Crippen LogP contribution >= 0.6 is 0 Å². The average molecular weight is 277 g/mol. The van der Waals surface area contributed by atoms with Crippen molar-refractivity contribution in [3.8, 4) is 0 Å². The maximum Gasteiger partial charge on any atom is 0.338 e. The second-order valence-electron chi connectivity index (χ2n) is 5.16. The van der Waals surface area contributed by atoms with Crippen molar-refractivity contribution in [3.63, 3.8) is 0 Å². The van der Waals surface area contributed by atoms with E-state index >= 15 is 0 Å². The van der Waals surface area contributed by atoms with Crippen LogP contribution in [0.25, 0.3) is 0 Å². The Hall–Kier alpha value is -1.95. The number of hydrogen-bond donors (Lipinski definition) is 2. The number of pyridine rings is 1. The summed E-state index contributed by atoms with van der Waals surface area (Å²) in [4.78, 5) is 29.2. The highest BCUT2D eigenvalue weighted by atomic mass is 16.4. The third-order valence-corrected chi connectivity index (χ3v) is 3.64. The van der Waals surface area contributed by atoms with Crippen molar-refractivity contribution in [1.82, 2.24) is 15.2 Å². The van der Waals surface area contributed by atoms with Crippen LogP contribution in [0.15, 0.2) is 18.3 Å². The molecule has 1 aromatic heterocycles. The number of rotatable bonds is 4. The van der Waals surface area contributed by atoms with Gasteiger partial charge in [0.2, 0.25) is 0 Å². The summed E-state index contributed by atoms with van der Waals surface area (Å²) in [6, 6.07) is 2.90. The minimum absolute atomic E-state index is 0.0204. The maximum atomic E-state index is 12.0. The van der Waals surface area contributed by atoms with Crippen molar-refractivity contribution < 1.29 is 14.7 Å². The Morgan fingerprint density at radius 3 is 2.80 bits per heavy atom. The Labute approximate surface area is 117 Å². The van der Waals surface area contributed by atoms with Gasteiger partial charge in [0.05, 0.1) is 5.56 Å². The van der Waals surface area contributed by atoms with Gasteiger partial charge in [-0.15, -0.1) is 0 Å². The molecule has 108 valence electrons. The van der Waals surface area contributed by atoms with Gasteiger partial charge in [-0.25, -0.2) is 4.79 Å². The lowest BCUT2D eigenvalue weighted by Gasteiger charge is -2.28. The first-order valence-corrected chi connectivity index (χ1v) is 6.73. The predicted octanol–water partition coefficient (Wildman–Crippen LogP) is 0.851. The van der Waals surface area contributed by atoms with E-state index in [1.54, 1.807) is 0 Å². The number of piperidine rings is 1. The van der Waals surface area contributed by atoms with E-state index < -0.39 is 11.9 Å². The highest BCUT2D eigenvalue weighted by Crippen LogP contribution is 2.15.